The molecule has 0 heterocycles. The van der Waals surface area contributed by atoms with Crippen LogP contribution in [0.5, 0.6) is 0 Å². The molecule has 90 valence electrons. The average Bonchev–Trinajstić information content (AvgIpc) is 2.23. The first kappa shape index (κ1) is 14.4. The first-order valence-corrected chi connectivity index (χ1v) is 6.24. The Bertz CT molecular complexity index is 160. The van der Waals surface area contributed by atoms with Gasteiger partial charge in [-0.1, -0.05) is 27.2 Å². The van der Waals surface area contributed by atoms with Crippen molar-refractivity contribution in [3.8, 4) is 0 Å². The lowest BCUT2D eigenvalue weighted by Crippen LogP contribution is -2.37. The van der Waals surface area contributed by atoms with E-state index in [4.69, 9.17) is 0 Å². The van der Waals surface area contributed by atoms with Crippen LogP contribution >= 0.6 is 0 Å². The van der Waals surface area contributed by atoms with Gasteiger partial charge >= 0.3 is 0 Å². The summed E-state index contributed by atoms with van der Waals surface area (Å²) in [4.78, 5) is 13.7. The van der Waals surface area contributed by atoms with E-state index in [1.165, 1.54) is 0 Å². The van der Waals surface area contributed by atoms with Crippen molar-refractivity contribution in [2.75, 3.05) is 26.2 Å². The number of carbonyl (C=O) groups is 1. The zero-order valence-electron chi connectivity index (χ0n) is 10.5. The van der Waals surface area contributed by atoms with E-state index in [1.54, 1.807) is 0 Å². The molecule has 0 saturated carbocycles. The predicted octanol–water partition coefficient (Wildman–Crippen LogP) is 2.02. The number of amides is 1. The maximum atomic E-state index is 11.7. The van der Waals surface area contributed by atoms with Gasteiger partial charge in [-0.3, -0.25) is 4.79 Å². The van der Waals surface area contributed by atoms with Crippen LogP contribution in [0.3, 0.4) is 0 Å². The Morgan fingerprint density at radius 3 is 2.40 bits per heavy atom. The van der Waals surface area contributed by atoms with Crippen molar-refractivity contribution in [3.05, 3.63) is 0 Å². The van der Waals surface area contributed by atoms with Crippen molar-refractivity contribution in [3.63, 3.8) is 0 Å². The first-order chi connectivity index (χ1) is 7.26. The molecule has 0 spiro atoms. The first-order valence-electron chi connectivity index (χ1n) is 6.24. The van der Waals surface area contributed by atoms with Crippen LogP contribution in [-0.4, -0.2) is 37.0 Å². The smallest absolute Gasteiger partial charge is 0.222 e. The van der Waals surface area contributed by atoms with Crippen LogP contribution in [-0.2, 0) is 4.79 Å². The molecule has 0 aliphatic heterocycles. The Morgan fingerprint density at radius 1 is 1.13 bits per heavy atom. The van der Waals surface area contributed by atoms with Gasteiger partial charge in [0.25, 0.3) is 0 Å². The van der Waals surface area contributed by atoms with E-state index in [9.17, 15) is 4.79 Å². The van der Waals surface area contributed by atoms with Crippen molar-refractivity contribution >= 4 is 5.91 Å². The molecule has 0 unspecified atom stereocenters. The summed E-state index contributed by atoms with van der Waals surface area (Å²) in [6.45, 7) is 9.96. The summed E-state index contributed by atoms with van der Waals surface area (Å²) in [5, 5.41) is 3.26. The molecule has 3 nitrogen and oxygen atoms in total. The van der Waals surface area contributed by atoms with Gasteiger partial charge in [0.05, 0.1) is 0 Å². The molecule has 0 fully saturated rings. The molecule has 0 rings (SSSR count). The van der Waals surface area contributed by atoms with E-state index in [0.717, 1.165) is 45.4 Å². The molecule has 0 aromatic carbocycles. The summed E-state index contributed by atoms with van der Waals surface area (Å²) < 4.78 is 0. The van der Waals surface area contributed by atoms with Crippen LogP contribution in [0.25, 0.3) is 0 Å². The van der Waals surface area contributed by atoms with Crippen LogP contribution in [0.15, 0.2) is 0 Å². The third kappa shape index (κ3) is 7.37. The maximum absolute atomic E-state index is 11.7. The second kappa shape index (κ2) is 9.97. The van der Waals surface area contributed by atoms with Crippen molar-refractivity contribution in [2.45, 2.75) is 46.5 Å². The maximum Gasteiger partial charge on any atom is 0.222 e. The molecule has 0 aromatic heterocycles. The Labute approximate surface area is 94.2 Å². The molecular formula is C12H26N2O. The number of unbranched alkanes of at least 4 members (excludes halogenated alkanes) is 1. The number of nitrogens with one attached hydrogen (secondary N) is 1. The van der Waals surface area contributed by atoms with E-state index in [1.807, 2.05) is 4.90 Å². The molecule has 15 heavy (non-hydrogen) atoms. The highest BCUT2D eigenvalue weighted by Crippen LogP contribution is 2.00. The fraction of sp³-hybridized carbons (Fsp3) is 0.917. The molecule has 0 aromatic rings. The van der Waals surface area contributed by atoms with Gasteiger partial charge in [0.1, 0.15) is 0 Å². The van der Waals surface area contributed by atoms with E-state index < -0.39 is 0 Å². The van der Waals surface area contributed by atoms with Gasteiger partial charge in [-0.25, -0.2) is 0 Å². The number of hydrogen-bond acceptors (Lipinski definition) is 2. The summed E-state index contributed by atoms with van der Waals surface area (Å²) in [7, 11) is 0. The summed E-state index contributed by atoms with van der Waals surface area (Å²) in [6.07, 6.45) is 3.90. The Balaban J connectivity index is 3.87. The molecule has 0 radical (unpaired) electrons. The third-order valence-corrected chi connectivity index (χ3v) is 2.41. The van der Waals surface area contributed by atoms with Crippen LogP contribution in [0, 0.1) is 0 Å². The van der Waals surface area contributed by atoms with Gasteiger partial charge in [-0.15, -0.1) is 0 Å². The Hall–Kier alpha value is -0.570. The van der Waals surface area contributed by atoms with Crippen LogP contribution in [0.4, 0.5) is 0 Å². The average molecular weight is 214 g/mol. The second-order valence-corrected chi connectivity index (χ2v) is 3.84. The van der Waals surface area contributed by atoms with Crippen molar-refractivity contribution in [1.82, 2.24) is 10.2 Å². The topological polar surface area (TPSA) is 32.3 Å². The van der Waals surface area contributed by atoms with Gasteiger partial charge in [-0.2, -0.15) is 0 Å². The van der Waals surface area contributed by atoms with Crippen molar-refractivity contribution < 1.29 is 4.79 Å². The molecule has 0 bridgehead atoms. The van der Waals surface area contributed by atoms with Gasteiger partial charge in [0, 0.05) is 26.1 Å². The van der Waals surface area contributed by atoms with Gasteiger partial charge in [0.15, 0.2) is 0 Å². The van der Waals surface area contributed by atoms with Gasteiger partial charge in [0.2, 0.25) is 5.91 Å². The lowest BCUT2D eigenvalue weighted by atomic mass is 10.2. The van der Waals surface area contributed by atoms with Crippen LogP contribution in [0.2, 0.25) is 0 Å². The quantitative estimate of drug-likeness (QED) is 0.596. The molecule has 0 aliphatic carbocycles. The standard InChI is InChI=1S/C12H26N2O/c1-4-7-10-14(11-9-13-6-3)12(15)8-5-2/h13H,4-11H2,1-3H3. The number of likely N-dealkylation sites (N-methyl/N-ethyl adjacent to an activating group) is 1. The minimum Gasteiger partial charge on any atom is -0.341 e. The molecule has 0 atom stereocenters. The van der Waals surface area contributed by atoms with E-state index in [-0.39, 0.29) is 0 Å². The molecule has 1 amide bonds. The predicted molar refractivity (Wildman–Crippen MR) is 64.9 cm³/mol. The fourth-order valence-electron chi connectivity index (χ4n) is 1.47. The number of carbonyl (C=O) groups excluding carboxylic acids is 1. The lowest BCUT2D eigenvalue weighted by Gasteiger charge is -2.22. The monoisotopic (exact) mass is 214 g/mol. The fourth-order valence-corrected chi connectivity index (χ4v) is 1.47. The zero-order chi connectivity index (χ0) is 11.5. The molecule has 0 saturated heterocycles. The van der Waals surface area contributed by atoms with E-state index in [2.05, 4.69) is 26.1 Å². The lowest BCUT2D eigenvalue weighted by molar-refractivity contribution is -0.131. The Morgan fingerprint density at radius 2 is 1.87 bits per heavy atom. The van der Waals surface area contributed by atoms with Crippen LogP contribution < -0.4 is 5.32 Å². The highest BCUT2D eigenvalue weighted by atomic mass is 16.2. The molecular weight excluding hydrogens is 188 g/mol. The highest BCUT2D eigenvalue weighted by Gasteiger charge is 2.10. The number of rotatable bonds is 9. The molecule has 1 N–H and O–H groups in total. The summed E-state index contributed by atoms with van der Waals surface area (Å²) in [5.74, 6) is 0.309. The van der Waals surface area contributed by atoms with E-state index in [0.29, 0.717) is 12.3 Å². The molecule has 0 aliphatic rings. The van der Waals surface area contributed by atoms with Gasteiger partial charge < -0.3 is 10.2 Å². The van der Waals surface area contributed by atoms with Gasteiger partial charge in [-0.05, 0) is 19.4 Å². The second-order valence-electron chi connectivity index (χ2n) is 3.84. The summed E-state index contributed by atoms with van der Waals surface area (Å²) >= 11 is 0. The minimum absolute atomic E-state index is 0.309. The third-order valence-electron chi connectivity index (χ3n) is 2.41. The molecule has 3 heteroatoms. The summed E-state index contributed by atoms with van der Waals surface area (Å²) in [6, 6.07) is 0. The highest BCUT2D eigenvalue weighted by molar-refractivity contribution is 5.76. The SMILES string of the molecule is CCCCN(CCNCC)C(=O)CCC. The zero-order valence-corrected chi connectivity index (χ0v) is 10.5. The summed E-state index contributed by atoms with van der Waals surface area (Å²) in [5.41, 5.74) is 0. The minimum atomic E-state index is 0.309. The van der Waals surface area contributed by atoms with Crippen LogP contribution in [0.1, 0.15) is 46.5 Å². The Kier molecular flexibility index (Phi) is 9.59. The van der Waals surface area contributed by atoms with E-state index >= 15 is 0 Å². The number of hydrogen-bond donors (Lipinski definition) is 1. The largest absolute Gasteiger partial charge is 0.341 e. The normalized spacial score (nSPS) is 10.3. The van der Waals surface area contributed by atoms with Crippen molar-refractivity contribution in [1.29, 1.82) is 0 Å². The van der Waals surface area contributed by atoms with Crippen molar-refractivity contribution in [2.24, 2.45) is 0 Å². The number of nitrogens with zero attached hydrogens (tertiary/aromatic N) is 1.